The molecule has 2 aromatic carbocycles. The van der Waals surface area contributed by atoms with E-state index in [1.807, 2.05) is 0 Å². The molecule has 0 saturated heterocycles. The molecule has 178 valence electrons. The first kappa shape index (κ1) is 24.6. The van der Waals surface area contributed by atoms with Crippen molar-refractivity contribution in [3.63, 3.8) is 0 Å². The summed E-state index contributed by atoms with van der Waals surface area (Å²) in [5, 5.41) is 3.62. The van der Waals surface area contributed by atoms with Crippen LogP contribution in [0.5, 0.6) is 0 Å². The fourth-order valence-corrected chi connectivity index (χ4v) is 5.86. The maximum atomic E-state index is 14.4. The van der Waals surface area contributed by atoms with E-state index in [4.69, 9.17) is 23.2 Å². The number of carbonyl (C=O) groups excluding carboxylic acids is 2. The molecule has 0 saturated carbocycles. The molecule has 0 radical (unpaired) electrons. The van der Waals surface area contributed by atoms with Crippen molar-refractivity contribution in [2.45, 2.75) is 24.7 Å². The molecule has 0 atom stereocenters. The Hall–Kier alpha value is -2.53. The van der Waals surface area contributed by atoms with Gasteiger partial charge < -0.3 is 10.2 Å². The summed E-state index contributed by atoms with van der Waals surface area (Å²) in [6, 6.07) is 8.35. The monoisotopic (exact) mass is 541 g/mol. The molecule has 2 heterocycles. The van der Waals surface area contributed by atoms with Gasteiger partial charge in [-0.15, -0.1) is 0 Å². The topological polar surface area (TPSA) is 96.4 Å². The van der Waals surface area contributed by atoms with Crippen LogP contribution < -0.4 is 10.2 Å². The van der Waals surface area contributed by atoms with Crippen LogP contribution in [0.4, 0.5) is 15.2 Å². The summed E-state index contributed by atoms with van der Waals surface area (Å²) in [5.41, 5.74) is 1.14. The maximum Gasteiger partial charge on any atom is 0.270 e. The van der Waals surface area contributed by atoms with Gasteiger partial charge in [0.05, 0.1) is 33.5 Å². The molecule has 0 unspecified atom stereocenters. The highest BCUT2D eigenvalue weighted by Crippen LogP contribution is 2.35. The van der Waals surface area contributed by atoms with Gasteiger partial charge >= 0.3 is 0 Å². The van der Waals surface area contributed by atoms with Crippen molar-refractivity contribution in [1.82, 2.24) is 4.98 Å². The average Bonchev–Trinajstić information content (AvgIpc) is 3.19. The van der Waals surface area contributed by atoms with Gasteiger partial charge in [0.15, 0.2) is 15.0 Å². The van der Waals surface area contributed by atoms with Crippen LogP contribution in [0.2, 0.25) is 10.0 Å². The Labute approximate surface area is 209 Å². The van der Waals surface area contributed by atoms with Gasteiger partial charge in [-0.3, -0.25) is 9.59 Å². The van der Waals surface area contributed by atoms with Gasteiger partial charge in [0.2, 0.25) is 5.91 Å². The third-order valence-corrected chi connectivity index (χ3v) is 8.54. The summed E-state index contributed by atoms with van der Waals surface area (Å²) >= 11 is 13.2. The highest BCUT2D eigenvalue weighted by Gasteiger charge is 2.31. The van der Waals surface area contributed by atoms with Crippen LogP contribution in [-0.2, 0) is 27.5 Å². The zero-order chi connectivity index (χ0) is 24.6. The number of amides is 2. The Kier molecular flexibility index (Phi) is 6.95. The predicted octanol–water partition coefficient (Wildman–Crippen LogP) is 4.77. The van der Waals surface area contributed by atoms with Gasteiger partial charge in [-0.1, -0.05) is 47.5 Å². The van der Waals surface area contributed by atoms with Gasteiger partial charge in [-0.25, -0.2) is 17.8 Å². The van der Waals surface area contributed by atoms with Gasteiger partial charge in [-0.05, 0) is 35.9 Å². The second kappa shape index (κ2) is 9.61. The number of nitrogens with zero attached hydrogens (tertiary/aromatic N) is 2. The number of halogens is 3. The molecule has 1 aliphatic rings. The number of anilines is 2. The number of hydrogen-bond donors (Lipinski definition) is 1. The van der Waals surface area contributed by atoms with E-state index in [0.717, 1.165) is 17.4 Å². The lowest BCUT2D eigenvalue weighted by Gasteiger charge is -2.26. The number of rotatable bonds is 6. The molecule has 1 aromatic heterocycles. The fourth-order valence-electron chi connectivity index (χ4n) is 3.48. The zero-order valence-corrected chi connectivity index (χ0v) is 20.9. The number of aromatic nitrogens is 1. The Balaban J connectivity index is 1.48. The van der Waals surface area contributed by atoms with Crippen molar-refractivity contribution >= 4 is 67.0 Å². The minimum atomic E-state index is -3.55. The molecular weight excluding hydrogens is 524 g/mol. The summed E-state index contributed by atoms with van der Waals surface area (Å²) in [5.74, 6) is -1.77. The molecule has 1 N–H and O–H groups in total. The minimum absolute atomic E-state index is 0.0495. The van der Waals surface area contributed by atoms with Crippen LogP contribution in [0, 0.1) is 5.82 Å². The Bertz CT molecular complexity index is 1410. The molecule has 0 spiro atoms. The normalized spacial score (nSPS) is 13.6. The van der Waals surface area contributed by atoms with Crippen LogP contribution in [0.15, 0.2) is 41.3 Å². The van der Waals surface area contributed by atoms with Crippen LogP contribution in [0.3, 0.4) is 0 Å². The van der Waals surface area contributed by atoms with Gasteiger partial charge in [0.1, 0.15) is 10.7 Å². The van der Waals surface area contributed by atoms with Crippen LogP contribution in [-0.4, -0.2) is 37.5 Å². The lowest BCUT2D eigenvalue weighted by atomic mass is 10.1. The maximum absolute atomic E-state index is 14.4. The van der Waals surface area contributed by atoms with Gasteiger partial charge in [0, 0.05) is 18.0 Å². The largest absolute Gasteiger partial charge is 0.306 e. The number of benzene rings is 2. The first-order valence-electron chi connectivity index (χ1n) is 10.2. The smallest absolute Gasteiger partial charge is 0.270 e. The van der Waals surface area contributed by atoms with Crippen LogP contribution in [0.1, 0.15) is 27.9 Å². The van der Waals surface area contributed by atoms with E-state index in [9.17, 15) is 22.4 Å². The highest BCUT2D eigenvalue weighted by atomic mass is 35.5. The van der Waals surface area contributed by atoms with E-state index in [1.54, 1.807) is 18.2 Å². The van der Waals surface area contributed by atoms with E-state index >= 15 is 0 Å². The second-order valence-electron chi connectivity index (χ2n) is 7.48. The predicted molar refractivity (Wildman–Crippen MR) is 130 cm³/mol. The lowest BCUT2D eigenvalue weighted by molar-refractivity contribution is -0.115. The summed E-state index contributed by atoms with van der Waals surface area (Å²) in [4.78, 5) is 31.6. The van der Waals surface area contributed by atoms with Gasteiger partial charge in [0.25, 0.3) is 5.91 Å². The Morgan fingerprint density at radius 1 is 1.24 bits per heavy atom. The summed E-state index contributed by atoms with van der Waals surface area (Å²) in [6.07, 6.45) is 0.150. The van der Waals surface area contributed by atoms with E-state index < -0.39 is 21.6 Å². The summed E-state index contributed by atoms with van der Waals surface area (Å²) < 4.78 is 38.2. The third kappa shape index (κ3) is 4.95. The van der Waals surface area contributed by atoms with Crippen molar-refractivity contribution in [2.24, 2.45) is 0 Å². The molecule has 1 aliphatic heterocycles. The van der Waals surface area contributed by atoms with E-state index in [2.05, 4.69) is 10.3 Å². The highest BCUT2D eigenvalue weighted by molar-refractivity contribution is 7.91. The Morgan fingerprint density at radius 3 is 2.68 bits per heavy atom. The number of fused-ring (bicyclic) bond motifs is 1. The molecule has 7 nitrogen and oxygen atoms in total. The molecular formula is C22H18Cl2FN3O4S2. The average molecular weight is 542 g/mol. The first-order chi connectivity index (χ1) is 16.1. The zero-order valence-electron chi connectivity index (χ0n) is 17.8. The van der Waals surface area contributed by atoms with Crippen molar-refractivity contribution < 1.29 is 22.4 Å². The number of carbonyl (C=O) groups is 2. The van der Waals surface area contributed by atoms with Crippen molar-refractivity contribution in [1.29, 1.82) is 0 Å². The quantitative estimate of drug-likeness (QED) is 0.485. The van der Waals surface area contributed by atoms with Crippen molar-refractivity contribution in [3.8, 4) is 0 Å². The number of hydrogen-bond acceptors (Lipinski definition) is 6. The fraction of sp³-hybridized carbons (Fsp3) is 0.227. The summed E-state index contributed by atoms with van der Waals surface area (Å²) in [6.45, 7) is 1.83. The second-order valence-corrected chi connectivity index (χ2v) is 11.6. The van der Waals surface area contributed by atoms with Crippen molar-refractivity contribution in [2.75, 3.05) is 22.5 Å². The van der Waals surface area contributed by atoms with Gasteiger partial charge in [-0.2, -0.15) is 0 Å². The van der Waals surface area contributed by atoms with Crippen LogP contribution in [0.25, 0.3) is 0 Å². The SMILES string of the molecule is CCS(=O)(=O)c1ccc(CC(=O)Nc2nc3c(s2)C(=O)N(c2ccc(Cl)cc2Cl)CC3)c(F)c1. The number of nitrogens with one attached hydrogen (secondary N) is 1. The third-order valence-electron chi connectivity index (χ3n) is 5.27. The summed E-state index contributed by atoms with van der Waals surface area (Å²) in [7, 11) is -3.55. The molecule has 0 aliphatic carbocycles. The number of sulfone groups is 1. The van der Waals surface area contributed by atoms with E-state index in [-0.39, 0.29) is 33.7 Å². The molecule has 3 aromatic rings. The Morgan fingerprint density at radius 2 is 2.00 bits per heavy atom. The molecule has 4 rings (SSSR count). The van der Waals surface area contributed by atoms with Crippen molar-refractivity contribution in [3.05, 3.63) is 68.4 Å². The molecule has 0 bridgehead atoms. The van der Waals surface area contributed by atoms with E-state index in [0.29, 0.717) is 39.3 Å². The first-order valence-corrected chi connectivity index (χ1v) is 13.4. The minimum Gasteiger partial charge on any atom is -0.306 e. The molecule has 2 amide bonds. The van der Waals surface area contributed by atoms with Crippen LogP contribution >= 0.6 is 34.5 Å². The number of thiazole rings is 1. The lowest BCUT2D eigenvalue weighted by Crippen LogP contribution is -2.37. The molecule has 34 heavy (non-hydrogen) atoms. The van der Waals surface area contributed by atoms with E-state index in [1.165, 1.54) is 24.0 Å². The molecule has 12 heteroatoms. The standard InChI is InChI=1S/C22H18Cl2FN3O4S2/c1-2-34(31,32)14-5-3-12(16(25)11-14)9-19(29)27-22-26-17-7-8-28(21(30)20(17)33-22)18-6-4-13(23)10-15(18)24/h3-6,10-11H,2,7-9H2,1H3,(H,26,27,29). The molecule has 0 fully saturated rings.